The number of nitrogens with one attached hydrogen (secondary N) is 1. The molecule has 1 heterocycles. The number of carbonyl (C=O) groups excluding carboxylic acids is 1. The van der Waals surface area contributed by atoms with E-state index in [-0.39, 0.29) is 16.2 Å². The third kappa shape index (κ3) is 6.09. The molecule has 140 valence electrons. The first-order valence-corrected chi connectivity index (χ1v) is 10.1. The van der Waals surface area contributed by atoms with Crippen molar-refractivity contribution in [1.29, 1.82) is 0 Å². The van der Waals surface area contributed by atoms with Crippen LogP contribution < -0.4 is 5.32 Å². The normalized spacial score (nSPS) is 16.6. The zero-order valence-electron chi connectivity index (χ0n) is 15.2. The van der Waals surface area contributed by atoms with Crippen molar-refractivity contribution in [2.24, 2.45) is 5.41 Å². The van der Waals surface area contributed by atoms with Crippen molar-refractivity contribution in [1.82, 2.24) is 9.62 Å². The number of morpholine rings is 1. The molecule has 0 saturated carbocycles. The maximum atomic E-state index is 12.6. The van der Waals surface area contributed by atoms with Crippen molar-refractivity contribution in [3.8, 4) is 0 Å². The van der Waals surface area contributed by atoms with Crippen LogP contribution in [0, 0.1) is 5.41 Å². The Morgan fingerprint density at radius 2 is 1.76 bits per heavy atom. The van der Waals surface area contributed by atoms with E-state index in [1.165, 1.54) is 4.31 Å². The van der Waals surface area contributed by atoms with E-state index in [0.29, 0.717) is 45.7 Å². The Morgan fingerprint density at radius 1 is 1.16 bits per heavy atom. The van der Waals surface area contributed by atoms with Gasteiger partial charge >= 0.3 is 0 Å². The van der Waals surface area contributed by atoms with E-state index < -0.39 is 10.0 Å². The smallest absolute Gasteiger partial charge is 0.243 e. The maximum absolute atomic E-state index is 12.6. The summed E-state index contributed by atoms with van der Waals surface area (Å²) in [6.45, 7) is 8.49. The number of hydrogen-bond donors (Lipinski definition) is 1. The number of ether oxygens (including phenoxy) is 1. The van der Waals surface area contributed by atoms with Crippen molar-refractivity contribution >= 4 is 15.9 Å². The predicted octanol–water partition coefficient (Wildman–Crippen LogP) is 1.80. The van der Waals surface area contributed by atoms with E-state index >= 15 is 0 Å². The zero-order valence-corrected chi connectivity index (χ0v) is 16.1. The average molecular weight is 368 g/mol. The first-order chi connectivity index (χ1) is 11.7. The fraction of sp³-hybridized carbons (Fsp3) is 0.611. The lowest BCUT2D eigenvalue weighted by Crippen LogP contribution is -2.40. The molecule has 6 nitrogen and oxygen atoms in total. The fourth-order valence-electron chi connectivity index (χ4n) is 2.47. The summed E-state index contributed by atoms with van der Waals surface area (Å²) in [7, 11) is -3.46. The molecule has 1 saturated heterocycles. The maximum Gasteiger partial charge on any atom is 0.243 e. The Kier molecular flexibility index (Phi) is 6.59. The second-order valence-electron chi connectivity index (χ2n) is 7.50. The van der Waals surface area contributed by atoms with Gasteiger partial charge in [-0.1, -0.05) is 32.9 Å². The van der Waals surface area contributed by atoms with E-state index in [2.05, 4.69) is 26.1 Å². The lowest BCUT2D eigenvalue weighted by atomic mass is 9.97. The van der Waals surface area contributed by atoms with E-state index in [9.17, 15) is 13.2 Å². The number of amides is 1. The molecule has 1 aromatic rings. The highest BCUT2D eigenvalue weighted by atomic mass is 32.2. The van der Waals surface area contributed by atoms with Crippen LogP contribution in [0.1, 0.15) is 32.8 Å². The van der Waals surface area contributed by atoms with Gasteiger partial charge in [-0.15, -0.1) is 0 Å². The van der Waals surface area contributed by atoms with Gasteiger partial charge < -0.3 is 10.1 Å². The van der Waals surface area contributed by atoms with Gasteiger partial charge in [0, 0.05) is 26.1 Å². The third-order valence-electron chi connectivity index (χ3n) is 3.99. The SMILES string of the molecule is CC(C)(C)CNC(=O)CCc1ccc(S(=O)(=O)N2CCOCC2)cc1. The lowest BCUT2D eigenvalue weighted by Gasteiger charge is -2.26. The van der Waals surface area contributed by atoms with Crippen LogP contribution in [0.4, 0.5) is 0 Å². The zero-order chi connectivity index (χ0) is 18.5. The van der Waals surface area contributed by atoms with Crippen molar-refractivity contribution in [3.63, 3.8) is 0 Å². The number of hydrogen-bond acceptors (Lipinski definition) is 4. The van der Waals surface area contributed by atoms with Crippen molar-refractivity contribution in [3.05, 3.63) is 29.8 Å². The summed E-state index contributed by atoms with van der Waals surface area (Å²) in [5.74, 6) is 0.0138. The van der Waals surface area contributed by atoms with Gasteiger partial charge in [0.25, 0.3) is 0 Å². The van der Waals surface area contributed by atoms with E-state index in [0.717, 1.165) is 5.56 Å². The molecular weight excluding hydrogens is 340 g/mol. The van der Waals surface area contributed by atoms with Crippen molar-refractivity contribution < 1.29 is 17.9 Å². The summed E-state index contributed by atoms with van der Waals surface area (Å²) in [6, 6.07) is 6.80. The van der Waals surface area contributed by atoms with Gasteiger partial charge in [0.05, 0.1) is 18.1 Å². The first kappa shape index (κ1) is 19.9. The molecule has 0 spiro atoms. The van der Waals surface area contributed by atoms with E-state index in [1.54, 1.807) is 24.3 Å². The Morgan fingerprint density at radius 3 is 2.32 bits per heavy atom. The standard InChI is InChI=1S/C18H28N2O4S/c1-18(2,3)14-19-17(21)9-6-15-4-7-16(8-5-15)25(22,23)20-10-12-24-13-11-20/h4-5,7-8H,6,9-14H2,1-3H3,(H,19,21). The second-order valence-corrected chi connectivity index (χ2v) is 9.44. The Hall–Kier alpha value is -1.44. The van der Waals surface area contributed by atoms with Gasteiger partial charge in [-0.25, -0.2) is 8.42 Å². The lowest BCUT2D eigenvalue weighted by molar-refractivity contribution is -0.121. The summed E-state index contributed by atoms with van der Waals surface area (Å²) < 4.78 is 31.8. The molecule has 2 rings (SSSR count). The van der Waals surface area contributed by atoms with Gasteiger partial charge in [-0.2, -0.15) is 4.31 Å². The van der Waals surface area contributed by atoms with Crippen LogP contribution in [0.2, 0.25) is 0 Å². The van der Waals surface area contributed by atoms with Gasteiger partial charge in [0.2, 0.25) is 15.9 Å². The summed E-state index contributed by atoms with van der Waals surface area (Å²) in [4.78, 5) is 12.2. The monoisotopic (exact) mass is 368 g/mol. The number of aryl methyl sites for hydroxylation is 1. The molecule has 1 aliphatic heterocycles. The van der Waals surface area contributed by atoms with Crippen LogP contribution >= 0.6 is 0 Å². The highest BCUT2D eigenvalue weighted by molar-refractivity contribution is 7.89. The van der Waals surface area contributed by atoms with Crippen LogP contribution in [0.5, 0.6) is 0 Å². The molecule has 0 aromatic heterocycles. The Bertz CT molecular complexity index is 672. The first-order valence-electron chi connectivity index (χ1n) is 8.62. The minimum Gasteiger partial charge on any atom is -0.379 e. The molecule has 1 aromatic carbocycles. The molecule has 1 fully saturated rings. The van der Waals surface area contributed by atoms with E-state index in [4.69, 9.17) is 4.74 Å². The van der Waals surface area contributed by atoms with E-state index in [1.807, 2.05) is 0 Å². The second kappa shape index (κ2) is 8.29. The number of benzene rings is 1. The summed E-state index contributed by atoms with van der Waals surface area (Å²) in [5.41, 5.74) is 1.01. The predicted molar refractivity (Wildman–Crippen MR) is 96.8 cm³/mol. The molecule has 7 heteroatoms. The van der Waals surface area contributed by atoms with Crippen LogP contribution in [-0.4, -0.2) is 51.5 Å². The molecule has 0 unspecified atom stereocenters. The number of sulfonamides is 1. The molecule has 1 N–H and O–H groups in total. The highest BCUT2D eigenvalue weighted by Crippen LogP contribution is 2.18. The van der Waals surface area contributed by atoms with Crippen LogP contribution in [0.3, 0.4) is 0 Å². The largest absolute Gasteiger partial charge is 0.379 e. The Labute approximate surface area is 150 Å². The van der Waals surface area contributed by atoms with Crippen LogP contribution in [0.15, 0.2) is 29.2 Å². The molecule has 0 radical (unpaired) electrons. The fourth-order valence-corrected chi connectivity index (χ4v) is 3.88. The van der Waals surface area contributed by atoms with Gasteiger partial charge in [-0.3, -0.25) is 4.79 Å². The molecule has 0 bridgehead atoms. The topological polar surface area (TPSA) is 75.7 Å². The number of rotatable bonds is 6. The molecular formula is C18H28N2O4S. The molecule has 0 atom stereocenters. The Balaban J connectivity index is 1.90. The number of nitrogens with zero attached hydrogens (tertiary/aromatic N) is 1. The van der Waals surface area contributed by atoms with Crippen LogP contribution in [-0.2, 0) is 26.0 Å². The summed E-state index contributed by atoms with van der Waals surface area (Å²) >= 11 is 0. The molecule has 1 aliphatic rings. The van der Waals surface area contributed by atoms with Gasteiger partial charge in [0.1, 0.15) is 0 Å². The summed E-state index contributed by atoms with van der Waals surface area (Å²) in [5, 5.41) is 2.92. The highest BCUT2D eigenvalue weighted by Gasteiger charge is 2.26. The summed E-state index contributed by atoms with van der Waals surface area (Å²) in [6.07, 6.45) is 0.986. The third-order valence-corrected chi connectivity index (χ3v) is 5.90. The minimum absolute atomic E-state index is 0.0138. The van der Waals surface area contributed by atoms with Gasteiger partial charge in [0.15, 0.2) is 0 Å². The van der Waals surface area contributed by atoms with Gasteiger partial charge in [-0.05, 0) is 29.5 Å². The van der Waals surface area contributed by atoms with Crippen molar-refractivity contribution in [2.75, 3.05) is 32.8 Å². The van der Waals surface area contributed by atoms with Crippen LogP contribution in [0.25, 0.3) is 0 Å². The minimum atomic E-state index is -3.46. The average Bonchev–Trinajstić information content (AvgIpc) is 2.58. The quantitative estimate of drug-likeness (QED) is 0.831. The molecule has 1 amide bonds. The van der Waals surface area contributed by atoms with Crippen molar-refractivity contribution in [2.45, 2.75) is 38.5 Å². The molecule has 25 heavy (non-hydrogen) atoms. The number of carbonyl (C=O) groups is 1. The molecule has 0 aliphatic carbocycles.